The summed E-state index contributed by atoms with van der Waals surface area (Å²) in [6, 6.07) is 14.0. The molecule has 27 heavy (non-hydrogen) atoms. The standard InChI is InChI=1S/C22H24N2O3/c1-26-21-20(11-6-12-23-21)17-13-18-9-5-10-19(14-17)24(18)22(25)27-15-16-7-3-2-4-8-16/h2-4,6-8,11-13,18-19H,5,9-10,14-15H2,1H3. The van der Waals surface area contributed by atoms with E-state index < -0.39 is 0 Å². The zero-order chi connectivity index (χ0) is 18.6. The van der Waals surface area contributed by atoms with Gasteiger partial charge in [0.1, 0.15) is 6.61 Å². The molecule has 1 fully saturated rings. The molecule has 1 aromatic heterocycles. The number of benzene rings is 1. The van der Waals surface area contributed by atoms with Gasteiger partial charge in [0.05, 0.1) is 13.2 Å². The van der Waals surface area contributed by atoms with E-state index in [1.807, 2.05) is 47.4 Å². The number of piperidine rings is 1. The fraction of sp³-hybridized carbons (Fsp3) is 0.364. The molecule has 5 heteroatoms. The van der Waals surface area contributed by atoms with Gasteiger partial charge < -0.3 is 9.47 Å². The van der Waals surface area contributed by atoms with Crippen molar-refractivity contribution < 1.29 is 14.3 Å². The number of rotatable bonds is 4. The Hall–Kier alpha value is -2.82. The molecule has 1 amide bonds. The molecule has 0 saturated carbocycles. The van der Waals surface area contributed by atoms with Crippen LogP contribution in [0, 0.1) is 0 Å². The number of amides is 1. The minimum Gasteiger partial charge on any atom is -0.481 e. The molecule has 2 aliphatic heterocycles. The number of hydrogen-bond donors (Lipinski definition) is 0. The number of carbonyl (C=O) groups excluding carboxylic acids is 1. The van der Waals surface area contributed by atoms with Gasteiger partial charge in [0, 0.05) is 17.8 Å². The van der Waals surface area contributed by atoms with Crippen LogP contribution in [0.25, 0.3) is 5.57 Å². The molecule has 1 saturated heterocycles. The lowest BCUT2D eigenvalue weighted by molar-refractivity contribution is 0.0510. The van der Waals surface area contributed by atoms with E-state index in [1.54, 1.807) is 13.3 Å². The van der Waals surface area contributed by atoms with Crippen molar-refractivity contribution in [2.45, 2.75) is 44.4 Å². The van der Waals surface area contributed by atoms with Crippen LogP contribution in [0.4, 0.5) is 4.79 Å². The van der Waals surface area contributed by atoms with E-state index in [0.717, 1.165) is 36.8 Å². The zero-order valence-corrected chi connectivity index (χ0v) is 15.5. The summed E-state index contributed by atoms with van der Waals surface area (Å²) in [5.74, 6) is 0.641. The minimum absolute atomic E-state index is 0.0701. The number of ether oxygens (including phenoxy) is 2. The maximum atomic E-state index is 12.8. The summed E-state index contributed by atoms with van der Waals surface area (Å²) < 4.78 is 11.0. The molecule has 5 nitrogen and oxygen atoms in total. The first-order valence-corrected chi connectivity index (χ1v) is 9.45. The van der Waals surface area contributed by atoms with Crippen LogP contribution >= 0.6 is 0 Å². The Kier molecular flexibility index (Phi) is 5.10. The molecular weight excluding hydrogens is 340 g/mol. The summed E-state index contributed by atoms with van der Waals surface area (Å²) in [6.07, 6.45) is 7.60. The number of methoxy groups -OCH3 is 1. The molecule has 0 aliphatic carbocycles. The first-order chi connectivity index (χ1) is 13.3. The molecule has 0 radical (unpaired) electrons. The maximum Gasteiger partial charge on any atom is 0.410 e. The van der Waals surface area contributed by atoms with Crippen LogP contribution in [0.15, 0.2) is 54.7 Å². The maximum absolute atomic E-state index is 12.8. The molecule has 2 aliphatic rings. The van der Waals surface area contributed by atoms with E-state index >= 15 is 0 Å². The predicted octanol–water partition coefficient (Wildman–Crippen LogP) is 4.44. The molecule has 3 heterocycles. The van der Waals surface area contributed by atoms with Crippen LogP contribution in [0.2, 0.25) is 0 Å². The molecule has 1 aromatic carbocycles. The summed E-state index contributed by atoms with van der Waals surface area (Å²) in [5.41, 5.74) is 3.24. The fourth-order valence-corrected chi connectivity index (χ4v) is 4.11. The van der Waals surface area contributed by atoms with Crippen LogP contribution in [0.3, 0.4) is 0 Å². The number of carbonyl (C=O) groups is 1. The Labute approximate surface area is 159 Å². The molecule has 2 aromatic rings. The lowest BCUT2D eigenvalue weighted by Gasteiger charge is -2.44. The van der Waals surface area contributed by atoms with E-state index in [1.165, 1.54) is 5.57 Å². The van der Waals surface area contributed by atoms with Crippen molar-refractivity contribution in [1.29, 1.82) is 0 Å². The molecule has 140 valence electrons. The van der Waals surface area contributed by atoms with Gasteiger partial charge in [-0.15, -0.1) is 0 Å². The normalized spacial score (nSPS) is 21.4. The molecule has 2 unspecified atom stereocenters. The third-order valence-electron chi connectivity index (χ3n) is 5.36. The first kappa shape index (κ1) is 17.6. The highest BCUT2D eigenvalue weighted by molar-refractivity contribution is 5.76. The van der Waals surface area contributed by atoms with Gasteiger partial charge >= 0.3 is 6.09 Å². The second kappa shape index (κ2) is 7.82. The van der Waals surface area contributed by atoms with E-state index in [-0.39, 0.29) is 18.2 Å². The summed E-state index contributed by atoms with van der Waals surface area (Å²) in [7, 11) is 1.64. The number of fused-ring (bicyclic) bond motifs is 2. The van der Waals surface area contributed by atoms with Crippen LogP contribution in [-0.2, 0) is 11.3 Å². The topological polar surface area (TPSA) is 51.7 Å². The van der Waals surface area contributed by atoms with Crippen LogP contribution in [-0.4, -0.2) is 35.2 Å². The quantitative estimate of drug-likeness (QED) is 0.805. The van der Waals surface area contributed by atoms with E-state index in [0.29, 0.717) is 12.5 Å². The van der Waals surface area contributed by atoms with Gasteiger partial charge in [-0.1, -0.05) is 36.4 Å². The van der Waals surface area contributed by atoms with E-state index in [2.05, 4.69) is 11.1 Å². The summed E-state index contributed by atoms with van der Waals surface area (Å²) in [6.45, 7) is 0.308. The molecule has 0 spiro atoms. The Morgan fingerprint density at radius 3 is 2.81 bits per heavy atom. The van der Waals surface area contributed by atoms with Crippen LogP contribution in [0.1, 0.15) is 36.8 Å². The molecule has 2 atom stereocenters. The van der Waals surface area contributed by atoms with Gasteiger partial charge in [-0.2, -0.15) is 0 Å². The van der Waals surface area contributed by atoms with Crippen molar-refractivity contribution in [1.82, 2.24) is 9.88 Å². The summed E-state index contributed by atoms with van der Waals surface area (Å²) in [5, 5.41) is 0. The SMILES string of the molecule is COc1ncccc1C1=CC2CCCC(C1)N2C(=O)OCc1ccccc1. The van der Waals surface area contributed by atoms with Crippen molar-refractivity contribution in [2.75, 3.05) is 7.11 Å². The smallest absolute Gasteiger partial charge is 0.410 e. The molecule has 4 rings (SSSR count). The van der Waals surface area contributed by atoms with Crippen molar-refractivity contribution in [3.63, 3.8) is 0 Å². The van der Waals surface area contributed by atoms with Crippen LogP contribution < -0.4 is 4.74 Å². The number of nitrogens with zero attached hydrogens (tertiary/aromatic N) is 2. The van der Waals surface area contributed by atoms with Crippen molar-refractivity contribution in [2.24, 2.45) is 0 Å². The predicted molar refractivity (Wildman–Crippen MR) is 103 cm³/mol. The largest absolute Gasteiger partial charge is 0.481 e. The summed E-state index contributed by atoms with van der Waals surface area (Å²) >= 11 is 0. The summed E-state index contributed by atoms with van der Waals surface area (Å²) in [4.78, 5) is 19.0. The first-order valence-electron chi connectivity index (χ1n) is 9.45. The third kappa shape index (κ3) is 3.68. The fourth-order valence-electron chi connectivity index (χ4n) is 4.11. The molecule has 2 bridgehead atoms. The van der Waals surface area contributed by atoms with Crippen molar-refractivity contribution in [3.8, 4) is 5.88 Å². The Balaban J connectivity index is 1.52. The van der Waals surface area contributed by atoms with Gasteiger partial charge in [-0.05, 0) is 49.0 Å². The van der Waals surface area contributed by atoms with Crippen molar-refractivity contribution in [3.05, 3.63) is 65.9 Å². The second-order valence-electron chi connectivity index (χ2n) is 7.06. The zero-order valence-electron chi connectivity index (χ0n) is 15.5. The lowest BCUT2D eigenvalue weighted by atomic mass is 9.83. The number of aromatic nitrogens is 1. The molecule has 0 N–H and O–H groups in total. The second-order valence-corrected chi connectivity index (χ2v) is 7.06. The van der Waals surface area contributed by atoms with Gasteiger partial charge in [0.2, 0.25) is 5.88 Å². The highest BCUT2D eigenvalue weighted by Gasteiger charge is 2.38. The monoisotopic (exact) mass is 364 g/mol. The lowest BCUT2D eigenvalue weighted by Crippen LogP contribution is -2.51. The van der Waals surface area contributed by atoms with Gasteiger partial charge in [-0.25, -0.2) is 9.78 Å². The van der Waals surface area contributed by atoms with Gasteiger partial charge in [0.15, 0.2) is 0 Å². The third-order valence-corrected chi connectivity index (χ3v) is 5.36. The Morgan fingerprint density at radius 1 is 1.19 bits per heavy atom. The van der Waals surface area contributed by atoms with E-state index in [9.17, 15) is 4.79 Å². The van der Waals surface area contributed by atoms with Crippen molar-refractivity contribution >= 4 is 11.7 Å². The minimum atomic E-state index is -0.220. The average molecular weight is 364 g/mol. The highest BCUT2D eigenvalue weighted by Crippen LogP contribution is 2.39. The number of pyridine rings is 1. The van der Waals surface area contributed by atoms with Gasteiger partial charge in [0.25, 0.3) is 0 Å². The van der Waals surface area contributed by atoms with E-state index in [4.69, 9.17) is 9.47 Å². The number of hydrogen-bond acceptors (Lipinski definition) is 4. The average Bonchev–Trinajstić information content (AvgIpc) is 2.71. The molecular formula is C22H24N2O3. The van der Waals surface area contributed by atoms with Crippen LogP contribution in [0.5, 0.6) is 5.88 Å². The highest BCUT2D eigenvalue weighted by atomic mass is 16.6. The van der Waals surface area contributed by atoms with Gasteiger partial charge in [-0.3, -0.25) is 4.90 Å². The Morgan fingerprint density at radius 2 is 2.04 bits per heavy atom. The Bertz CT molecular complexity index is 834.